The fourth-order valence-corrected chi connectivity index (χ4v) is 2.71. The molecule has 2 unspecified atom stereocenters. The van der Waals surface area contributed by atoms with Crippen molar-refractivity contribution >= 4 is 11.6 Å². The molecule has 1 fully saturated rings. The van der Waals surface area contributed by atoms with Gasteiger partial charge in [-0.25, -0.2) is 0 Å². The molecule has 1 saturated heterocycles. The van der Waals surface area contributed by atoms with Gasteiger partial charge < -0.3 is 10.1 Å². The van der Waals surface area contributed by atoms with E-state index in [1.165, 1.54) is 12.1 Å². The van der Waals surface area contributed by atoms with Gasteiger partial charge in [-0.3, -0.25) is 19.8 Å². The zero-order valence-electron chi connectivity index (χ0n) is 13.7. The number of morpholine rings is 1. The molecule has 0 aliphatic carbocycles. The molecule has 0 radical (unpaired) electrons. The highest BCUT2D eigenvalue weighted by Crippen LogP contribution is 2.19. The summed E-state index contributed by atoms with van der Waals surface area (Å²) in [7, 11) is 0. The molecule has 23 heavy (non-hydrogen) atoms. The molecule has 1 aromatic rings. The number of carbonyl (C=O) groups is 1. The number of benzene rings is 1. The van der Waals surface area contributed by atoms with Crippen LogP contribution in [0.2, 0.25) is 0 Å². The van der Waals surface area contributed by atoms with Crippen LogP contribution in [0.4, 0.5) is 5.69 Å². The quantitative estimate of drug-likeness (QED) is 0.659. The summed E-state index contributed by atoms with van der Waals surface area (Å²) in [5.41, 5.74) is 0.946. The summed E-state index contributed by atoms with van der Waals surface area (Å²) in [4.78, 5) is 25.0. The number of nitro groups is 1. The monoisotopic (exact) mass is 321 g/mol. The summed E-state index contributed by atoms with van der Waals surface area (Å²) in [6.45, 7) is 8.83. The van der Waals surface area contributed by atoms with Crippen LogP contribution in [0, 0.1) is 17.0 Å². The number of ether oxygens (including phenoxy) is 1. The van der Waals surface area contributed by atoms with Crippen LogP contribution in [0.5, 0.6) is 0 Å². The third-order valence-corrected chi connectivity index (χ3v) is 4.36. The van der Waals surface area contributed by atoms with Crippen LogP contribution in [0.3, 0.4) is 0 Å². The molecule has 126 valence electrons. The Labute approximate surface area is 135 Å². The maximum absolute atomic E-state index is 12.4. The average Bonchev–Trinajstić information content (AvgIpc) is 2.54. The van der Waals surface area contributed by atoms with Crippen LogP contribution in [0.1, 0.15) is 29.8 Å². The first kappa shape index (κ1) is 17.4. The molecule has 7 heteroatoms. The lowest BCUT2D eigenvalue weighted by atomic mass is 10.1. The molecule has 0 saturated carbocycles. The van der Waals surface area contributed by atoms with Gasteiger partial charge in [-0.1, -0.05) is 0 Å². The Morgan fingerprint density at radius 1 is 1.35 bits per heavy atom. The number of rotatable bonds is 5. The summed E-state index contributed by atoms with van der Waals surface area (Å²) in [6, 6.07) is 4.59. The average molecular weight is 321 g/mol. The maximum Gasteiger partial charge on any atom is 0.272 e. The van der Waals surface area contributed by atoms with E-state index >= 15 is 0 Å². The van der Waals surface area contributed by atoms with Gasteiger partial charge in [-0.05, 0) is 32.9 Å². The van der Waals surface area contributed by atoms with E-state index in [0.29, 0.717) is 24.3 Å². The molecule has 1 aliphatic heterocycles. The van der Waals surface area contributed by atoms with Gasteiger partial charge in [-0.15, -0.1) is 0 Å². The molecule has 2 rings (SSSR count). The highest BCUT2D eigenvalue weighted by molar-refractivity contribution is 5.94. The van der Waals surface area contributed by atoms with Crippen molar-refractivity contribution in [2.45, 2.75) is 32.9 Å². The number of hydrogen-bond donors (Lipinski definition) is 1. The van der Waals surface area contributed by atoms with E-state index in [0.717, 1.165) is 13.1 Å². The Morgan fingerprint density at radius 3 is 2.57 bits per heavy atom. The van der Waals surface area contributed by atoms with E-state index in [1.54, 1.807) is 13.0 Å². The molecule has 0 bridgehead atoms. The molecule has 7 nitrogen and oxygen atoms in total. The fourth-order valence-electron chi connectivity index (χ4n) is 2.71. The second-order valence-corrected chi connectivity index (χ2v) is 5.91. The first-order chi connectivity index (χ1) is 10.9. The first-order valence-corrected chi connectivity index (χ1v) is 7.78. The largest absolute Gasteiger partial charge is 0.379 e. The van der Waals surface area contributed by atoms with Gasteiger partial charge in [0.25, 0.3) is 11.6 Å². The molecule has 0 spiro atoms. The van der Waals surface area contributed by atoms with Crippen LogP contribution in [-0.4, -0.2) is 54.1 Å². The second kappa shape index (κ2) is 7.52. The van der Waals surface area contributed by atoms with Gasteiger partial charge in [0.2, 0.25) is 0 Å². The molecule has 2 atom stereocenters. The number of aryl methyl sites for hydroxylation is 1. The lowest BCUT2D eigenvalue weighted by molar-refractivity contribution is -0.385. The van der Waals surface area contributed by atoms with E-state index in [9.17, 15) is 14.9 Å². The van der Waals surface area contributed by atoms with E-state index < -0.39 is 4.92 Å². The summed E-state index contributed by atoms with van der Waals surface area (Å²) >= 11 is 0. The molecular weight excluding hydrogens is 298 g/mol. The number of carbonyl (C=O) groups excluding carboxylic acids is 1. The molecule has 0 aromatic heterocycles. The predicted octanol–water partition coefficient (Wildman–Crippen LogP) is 1.74. The Balaban J connectivity index is 2.00. The highest BCUT2D eigenvalue weighted by Gasteiger charge is 2.24. The molecule has 1 heterocycles. The number of amides is 1. The third kappa shape index (κ3) is 4.27. The van der Waals surface area contributed by atoms with Crippen molar-refractivity contribution in [3.8, 4) is 0 Å². The minimum absolute atomic E-state index is 0.0243. The second-order valence-electron chi connectivity index (χ2n) is 5.91. The molecule has 1 aliphatic rings. The van der Waals surface area contributed by atoms with Crippen LogP contribution in [0.15, 0.2) is 18.2 Å². The van der Waals surface area contributed by atoms with Crippen molar-refractivity contribution in [3.05, 3.63) is 39.4 Å². The van der Waals surface area contributed by atoms with Gasteiger partial charge in [0.15, 0.2) is 0 Å². The third-order valence-electron chi connectivity index (χ3n) is 4.36. The van der Waals surface area contributed by atoms with Crippen molar-refractivity contribution in [3.63, 3.8) is 0 Å². The van der Waals surface area contributed by atoms with E-state index in [4.69, 9.17) is 4.74 Å². The minimum Gasteiger partial charge on any atom is -0.379 e. The van der Waals surface area contributed by atoms with Crippen LogP contribution in [0.25, 0.3) is 0 Å². The normalized spacial score (nSPS) is 18.2. The summed E-state index contributed by atoms with van der Waals surface area (Å²) in [6.07, 6.45) is 0. The molecular formula is C16H23N3O4. The minimum atomic E-state index is -0.444. The van der Waals surface area contributed by atoms with Crippen molar-refractivity contribution in [2.24, 2.45) is 0 Å². The van der Waals surface area contributed by atoms with Crippen molar-refractivity contribution in [2.75, 3.05) is 26.3 Å². The predicted molar refractivity (Wildman–Crippen MR) is 86.6 cm³/mol. The van der Waals surface area contributed by atoms with Gasteiger partial charge >= 0.3 is 0 Å². The number of nitrogens with one attached hydrogen (secondary N) is 1. The summed E-state index contributed by atoms with van der Waals surface area (Å²) in [5, 5.41) is 13.8. The van der Waals surface area contributed by atoms with E-state index in [-0.39, 0.29) is 23.7 Å². The molecule has 1 N–H and O–H groups in total. The van der Waals surface area contributed by atoms with Crippen LogP contribution < -0.4 is 5.32 Å². The van der Waals surface area contributed by atoms with E-state index in [1.807, 2.05) is 6.92 Å². The number of hydrogen-bond acceptors (Lipinski definition) is 5. The highest BCUT2D eigenvalue weighted by atomic mass is 16.6. The summed E-state index contributed by atoms with van der Waals surface area (Å²) < 4.78 is 5.34. The van der Waals surface area contributed by atoms with Gasteiger partial charge in [-0.2, -0.15) is 0 Å². The Kier molecular flexibility index (Phi) is 5.68. The molecule has 1 aromatic carbocycles. The van der Waals surface area contributed by atoms with Crippen molar-refractivity contribution < 1.29 is 14.5 Å². The Hall–Kier alpha value is -1.99. The van der Waals surface area contributed by atoms with Crippen LogP contribution >= 0.6 is 0 Å². The standard InChI is InChI=1S/C16H23N3O4/c1-11-10-14(4-5-15(11)19(21)22)16(20)17-12(2)13(3)18-6-8-23-9-7-18/h4-5,10,12-13H,6-9H2,1-3H3,(H,17,20). The lowest BCUT2D eigenvalue weighted by Gasteiger charge is -2.35. The van der Waals surface area contributed by atoms with Crippen LogP contribution in [-0.2, 0) is 4.74 Å². The van der Waals surface area contributed by atoms with E-state index in [2.05, 4.69) is 17.1 Å². The Bertz CT molecular complexity index is 585. The zero-order valence-corrected chi connectivity index (χ0v) is 13.7. The number of nitro benzene ring substituents is 1. The van der Waals surface area contributed by atoms with Gasteiger partial charge in [0.05, 0.1) is 18.1 Å². The van der Waals surface area contributed by atoms with Gasteiger partial charge in [0.1, 0.15) is 0 Å². The lowest BCUT2D eigenvalue weighted by Crippen LogP contribution is -2.52. The maximum atomic E-state index is 12.4. The SMILES string of the molecule is Cc1cc(C(=O)NC(C)C(C)N2CCOCC2)ccc1[N+](=O)[O-]. The van der Waals surface area contributed by atoms with Gasteiger partial charge in [0, 0.05) is 42.4 Å². The topological polar surface area (TPSA) is 84.7 Å². The fraction of sp³-hybridized carbons (Fsp3) is 0.562. The first-order valence-electron chi connectivity index (χ1n) is 7.78. The zero-order chi connectivity index (χ0) is 17.0. The number of nitrogens with zero attached hydrogens (tertiary/aromatic N) is 2. The molecule has 1 amide bonds. The summed E-state index contributed by atoms with van der Waals surface area (Å²) in [5.74, 6) is -0.212. The van der Waals surface area contributed by atoms with Crippen molar-refractivity contribution in [1.29, 1.82) is 0 Å². The Morgan fingerprint density at radius 2 is 2.00 bits per heavy atom. The smallest absolute Gasteiger partial charge is 0.272 e. The van der Waals surface area contributed by atoms with Crippen molar-refractivity contribution in [1.82, 2.24) is 10.2 Å².